The molecule has 98 valence electrons. The Morgan fingerprint density at radius 3 is 2.79 bits per heavy atom. The number of nitrogen functional groups attached to an aromatic ring is 1. The molecular formula is C14H14FN3O. The highest BCUT2D eigenvalue weighted by Gasteiger charge is 2.19. The van der Waals surface area contributed by atoms with E-state index in [1.807, 2.05) is 25.1 Å². The Hall–Kier alpha value is -2.43. The van der Waals surface area contributed by atoms with Crippen molar-refractivity contribution in [3.63, 3.8) is 0 Å². The van der Waals surface area contributed by atoms with Crippen molar-refractivity contribution in [2.45, 2.75) is 6.92 Å². The maximum absolute atomic E-state index is 13.8. The molecule has 1 amide bonds. The Kier molecular flexibility index (Phi) is 3.46. The van der Waals surface area contributed by atoms with Crippen LogP contribution in [0.25, 0.3) is 0 Å². The van der Waals surface area contributed by atoms with Gasteiger partial charge in [-0.05, 0) is 30.7 Å². The van der Waals surface area contributed by atoms with Gasteiger partial charge in [-0.15, -0.1) is 0 Å². The maximum atomic E-state index is 13.8. The van der Waals surface area contributed by atoms with Crippen LogP contribution in [0.15, 0.2) is 36.5 Å². The summed E-state index contributed by atoms with van der Waals surface area (Å²) >= 11 is 0. The molecule has 0 bridgehead atoms. The Morgan fingerprint density at radius 2 is 2.11 bits per heavy atom. The highest BCUT2D eigenvalue weighted by atomic mass is 19.1. The minimum absolute atomic E-state index is 0.0866. The van der Waals surface area contributed by atoms with Gasteiger partial charge in [-0.1, -0.05) is 12.1 Å². The lowest BCUT2D eigenvalue weighted by molar-refractivity contribution is 0.0989. The second kappa shape index (κ2) is 5.06. The van der Waals surface area contributed by atoms with Crippen LogP contribution in [0.4, 0.5) is 15.9 Å². The lowest BCUT2D eigenvalue weighted by atomic mass is 10.1. The minimum atomic E-state index is -0.785. The summed E-state index contributed by atoms with van der Waals surface area (Å²) in [5, 5.41) is 0. The van der Waals surface area contributed by atoms with E-state index in [-0.39, 0.29) is 11.4 Å². The highest BCUT2D eigenvalue weighted by molar-refractivity contribution is 6.06. The fourth-order valence-electron chi connectivity index (χ4n) is 1.76. The van der Waals surface area contributed by atoms with Crippen LogP contribution >= 0.6 is 0 Å². The summed E-state index contributed by atoms with van der Waals surface area (Å²) in [6, 6.07) is 8.71. The average molecular weight is 259 g/mol. The van der Waals surface area contributed by atoms with E-state index in [2.05, 4.69) is 4.98 Å². The first-order chi connectivity index (χ1) is 9.00. The number of anilines is 2. The third kappa shape index (κ3) is 2.54. The number of hydrogen-bond acceptors (Lipinski definition) is 3. The van der Waals surface area contributed by atoms with E-state index >= 15 is 0 Å². The summed E-state index contributed by atoms with van der Waals surface area (Å²) in [7, 11) is 1.59. The molecule has 1 aromatic heterocycles. The number of amides is 1. The lowest BCUT2D eigenvalue weighted by Crippen LogP contribution is -2.27. The van der Waals surface area contributed by atoms with Gasteiger partial charge < -0.3 is 10.6 Å². The molecule has 0 aliphatic carbocycles. The molecule has 0 saturated heterocycles. The molecule has 1 aromatic carbocycles. The number of aryl methyl sites for hydroxylation is 1. The van der Waals surface area contributed by atoms with Gasteiger partial charge in [0.2, 0.25) is 0 Å². The van der Waals surface area contributed by atoms with Gasteiger partial charge in [0.15, 0.2) is 11.6 Å². The molecule has 0 saturated carbocycles. The second-order valence-corrected chi connectivity index (χ2v) is 4.26. The number of hydrogen-bond donors (Lipinski definition) is 1. The molecule has 2 aromatic rings. The number of halogens is 1. The largest absolute Gasteiger partial charge is 0.381 e. The molecule has 0 radical (unpaired) electrons. The third-order valence-corrected chi connectivity index (χ3v) is 2.84. The van der Waals surface area contributed by atoms with Gasteiger partial charge in [0, 0.05) is 18.9 Å². The van der Waals surface area contributed by atoms with Gasteiger partial charge in [-0.25, -0.2) is 9.37 Å². The molecule has 19 heavy (non-hydrogen) atoms. The first kappa shape index (κ1) is 13.0. The van der Waals surface area contributed by atoms with Crippen LogP contribution in [0.3, 0.4) is 0 Å². The molecule has 0 fully saturated rings. The number of nitrogens with two attached hydrogens (primary N) is 1. The van der Waals surface area contributed by atoms with E-state index in [0.717, 1.165) is 5.56 Å². The molecule has 0 aliphatic rings. The Labute approximate surface area is 110 Å². The number of nitrogens with zero attached hydrogens (tertiary/aromatic N) is 2. The van der Waals surface area contributed by atoms with Crippen molar-refractivity contribution in [1.82, 2.24) is 4.98 Å². The number of benzene rings is 1. The van der Waals surface area contributed by atoms with Crippen LogP contribution in [0.2, 0.25) is 0 Å². The van der Waals surface area contributed by atoms with Gasteiger partial charge in [-0.3, -0.25) is 4.79 Å². The molecule has 5 heteroatoms. The van der Waals surface area contributed by atoms with E-state index in [4.69, 9.17) is 5.73 Å². The van der Waals surface area contributed by atoms with Crippen molar-refractivity contribution in [1.29, 1.82) is 0 Å². The molecule has 0 unspecified atom stereocenters. The van der Waals surface area contributed by atoms with Gasteiger partial charge in [0.25, 0.3) is 5.91 Å². The summed E-state index contributed by atoms with van der Waals surface area (Å²) in [6.07, 6.45) is 1.32. The lowest BCUT2D eigenvalue weighted by Gasteiger charge is -2.18. The van der Waals surface area contributed by atoms with E-state index in [0.29, 0.717) is 5.69 Å². The van der Waals surface area contributed by atoms with Crippen LogP contribution in [0.5, 0.6) is 0 Å². The van der Waals surface area contributed by atoms with Crippen LogP contribution < -0.4 is 10.6 Å². The molecule has 0 spiro atoms. The summed E-state index contributed by atoms with van der Waals surface area (Å²) < 4.78 is 13.8. The predicted octanol–water partition coefficient (Wildman–Crippen LogP) is 2.39. The normalized spacial score (nSPS) is 10.3. The van der Waals surface area contributed by atoms with Gasteiger partial charge in [-0.2, -0.15) is 0 Å². The zero-order chi connectivity index (χ0) is 14.0. The second-order valence-electron chi connectivity index (χ2n) is 4.26. The van der Waals surface area contributed by atoms with Gasteiger partial charge in [0.1, 0.15) is 0 Å². The van der Waals surface area contributed by atoms with Crippen molar-refractivity contribution in [2.75, 3.05) is 17.7 Å². The van der Waals surface area contributed by atoms with Crippen molar-refractivity contribution in [3.05, 3.63) is 53.5 Å². The number of aromatic nitrogens is 1. The van der Waals surface area contributed by atoms with E-state index < -0.39 is 11.7 Å². The van der Waals surface area contributed by atoms with Gasteiger partial charge >= 0.3 is 0 Å². The van der Waals surface area contributed by atoms with Crippen molar-refractivity contribution in [2.24, 2.45) is 0 Å². The van der Waals surface area contributed by atoms with Gasteiger partial charge in [0.05, 0.1) is 5.56 Å². The first-order valence-corrected chi connectivity index (χ1v) is 5.75. The van der Waals surface area contributed by atoms with E-state index in [1.54, 1.807) is 13.1 Å². The number of carbonyl (C=O) groups is 1. The van der Waals surface area contributed by atoms with E-state index in [9.17, 15) is 9.18 Å². The van der Waals surface area contributed by atoms with Crippen LogP contribution in [-0.2, 0) is 0 Å². The first-order valence-electron chi connectivity index (χ1n) is 5.75. The monoisotopic (exact) mass is 259 g/mol. The predicted molar refractivity (Wildman–Crippen MR) is 72.5 cm³/mol. The molecule has 4 nitrogen and oxygen atoms in total. The van der Waals surface area contributed by atoms with Crippen LogP contribution in [-0.4, -0.2) is 17.9 Å². The summed E-state index contributed by atoms with van der Waals surface area (Å²) in [5.74, 6) is -1.52. The van der Waals surface area contributed by atoms with Crippen LogP contribution in [0.1, 0.15) is 15.9 Å². The Bertz CT molecular complexity index is 628. The Morgan fingerprint density at radius 1 is 1.37 bits per heavy atom. The SMILES string of the molecule is Cc1cccc(N(C)C(=O)c2ccnc(N)c2F)c1. The average Bonchev–Trinajstić information content (AvgIpc) is 2.40. The quantitative estimate of drug-likeness (QED) is 0.900. The maximum Gasteiger partial charge on any atom is 0.261 e. The van der Waals surface area contributed by atoms with Crippen molar-refractivity contribution >= 4 is 17.4 Å². The summed E-state index contributed by atoms with van der Waals surface area (Å²) in [6.45, 7) is 1.92. The zero-order valence-corrected chi connectivity index (χ0v) is 10.7. The molecule has 0 atom stereocenters. The molecule has 2 rings (SSSR count). The smallest absolute Gasteiger partial charge is 0.261 e. The standard InChI is InChI=1S/C14H14FN3O/c1-9-4-3-5-10(8-9)18(2)14(19)11-6-7-17-13(16)12(11)15/h3-8H,1-2H3,(H2,16,17). The third-order valence-electron chi connectivity index (χ3n) is 2.84. The fraction of sp³-hybridized carbons (Fsp3) is 0.143. The summed E-state index contributed by atoms with van der Waals surface area (Å²) in [5.41, 5.74) is 6.99. The number of carbonyl (C=O) groups excluding carboxylic acids is 1. The molecular weight excluding hydrogens is 245 g/mol. The number of pyridine rings is 1. The molecule has 1 heterocycles. The molecule has 2 N–H and O–H groups in total. The number of rotatable bonds is 2. The van der Waals surface area contributed by atoms with Crippen LogP contribution in [0, 0.1) is 12.7 Å². The highest BCUT2D eigenvalue weighted by Crippen LogP contribution is 2.19. The summed E-state index contributed by atoms with van der Waals surface area (Å²) in [4.78, 5) is 17.2. The fourth-order valence-corrected chi connectivity index (χ4v) is 1.76. The van der Waals surface area contributed by atoms with Crippen molar-refractivity contribution < 1.29 is 9.18 Å². The van der Waals surface area contributed by atoms with Crippen molar-refractivity contribution in [3.8, 4) is 0 Å². The zero-order valence-electron chi connectivity index (χ0n) is 10.7. The Balaban J connectivity index is 2.36. The topological polar surface area (TPSA) is 59.2 Å². The minimum Gasteiger partial charge on any atom is -0.381 e. The van der Waals surface area contributed by atoms with E-state index in [1.165, 1.54) is 17.2 Å². The molecule has 0 aliphatic heterocycles.